The second kappa shape index (κ2) is 6.49. The van der Waals surface area contributed by atoms with Crippen molar-refractivity contribution in [3.63, 3.8) is 0 Å². The Morgan fingerprint density at radius 3 is 2.53 bits per heavy atom. The molecule has 1 fully saturated rings. The molecular formula is C13H27NO. The van der Waals surface area contributed by atoms with Gasteiger partial charge in [-0.2, -0.15) is 0 Å². The zero-order valence-corrected chi connectivity index (χ0v) is 10.6. The Balaban J connectivity index is 2.39. The Hall–Kier alpha value is -0.0800. The van der Waals surface area contributed by atoms with E-state index < -0.39 is 0 Å². The standard InChI is InChI=1S/C13H27NO/c1-4-9-14-11-13(7-5-6-8-13)10-12(2)15-3/h12,14H,4-11H2,1-3H3. The summed E-state index contributed by atoms with van der Waals surface area (Å²) in [6.45, 7) is 6.77. The first kappa shape index (κ1) is 13.0. The summed E-state index contributed by atoms with van der Waals surface area (Å²) in [5.74, 6) is 0. The molecule has 1 unspecified atom stereocenters. The second-order valence-corrected chi connectivity index (χ2v) is 5.13. The van der Waals surface area contributed by atoms with E-state index in [4.69, 9.17) is 4.74 Å². The normalized spacial score (nSPS) is 21.8. The summed E-state index contributed by atoms with van der Waals surface area (Å²) in [7, 11) is 1.83. The third-order valence-electron chi connectivity index (χ3n) is 3.71. The van der Waals surface area contributed by atoms with Gasteiger partial charge in [-0.1, -0.05) is 19.8 Å². The van der Waals surface area contributed by atoms with Crippen molar-refractivity contribution in [1.29, 1.82) is 0 Å². The van der Waals surface area contributed by atoms with E-state index in [0.717, 1.165) is 6.54 Å². The number of hydrogen-bond acceptors (Lipinski definition) is 2. The van der Waals surface area contributed by atoms with E-state index in [1.165, 1.54) is 45.1 Å². The van der Waals surface area contributed by atoms with Gasteiger partial charge in [-0.3, -0.25) is 0 Å². The van der Waals surface area contributed by atoms with Crippen molar-refractivity contribution in [2.75, 3.05) is 20.2 Å². The first-order valence-electron chi connectivity index (χ1n) is 6.46. The molecule has 0 saturated heterocycles. The lowest BCUT2D eigenvalue weighted by Gasteiger charge is -2.31. The molecule has 0 aromatic carbocycles. The fraction of sp³-hybridized carbons (Fsp3) is 1.00. The molecule has 0 spiro atoms. The smallest absolute Gasteiger partial charge is 0.0549 e. The van der Waals surface area contributed by atoms with Gasteiger partial charge in [0.25, 0.3) is 0 Å². The molecular weight excluding hydrogens is 186 g/mol. The maximum absolute atomic E-state index is 5.42. The molecule has 1 aliphatic rings. The molecule has 1 saturated carbocycles. The minimum atomic E-state index is 0.409. The average Bonchev–Trinajstić information content (AvgIpc) is 2.67. The van der Waals surface area contributed by atoms with E-state index in [0.29, 0.717) is 11.5 Å². The molecule has 0 radical (unpaired) electrons. The number of ether oxygens (including phenoxy) is 1. The van der Waals surface area contributed by atoms with E-state index in [2.05, 4.69) is 19.2 Å². The highest BCUT2D eigenvalue weighted by molar-refractivity contribution is 4.88. The monoisotopic (exact) mass is 213 g/mol. The van der Waals surface area contributed by atoms with Gasteiger partial charge in [0.05, 0.1) is 6.10 Å². The summed E-state index contributed by atoms with van der Waals surface area (Å²) in [5, 5.41) is 3.59. The molecule has 0 bridgehead atoms. The lowest BCUT2D eigenvalue weighted by molar-refractivity contribution is 0.0650. The zero-order chi connectivity index (χ0) is 11.1. The Morgan fingerprint density at radius 1 is 1.33 bits per heavy atom. The number of methoxy groups -OCH3 is 1. The summed E-state index contributed by atoms with van der Waals surface area (Å²) in [4.78, 5) is 0. The third-order valence-corrected chi connectivity index (χ3v) is 3.71. The lowest BCUT2D eigenvalue weighted by atomic mass is 9.80. The molecule has 0 aliphatic heterocycles. The Bertz CT molecular complexity index is 164. The van der Waals surface area contributed by atoms with E-state index in [9.17, 15) is 0 Å². The van der Waals surface area contributed by atoms with Crippen molar-refractivity contribution in [1.82, 2.24) is 5.32 Å². The average molecular weight is 213 g/mol. The van der Waals surface area contributed by atoms with Gasteiger partial charge in [-0.25, -0.2) is 0 Å². The predicted octanol–water partition coefficient (Wildman–Crippen LogP) is 2.97. The molecule has 0 aromatic rings. The van der Waals surface area contributed by atoms with Crippen molar-refractivity contribution >= 4 is 0 Å². The highest BCUT2D eigenvalue weighted by Crippen LogP contribution is 2.41. The fourth-order valence-electron chi connectivity index (χ4n) is 2.80. The van der Waals surface area contributed by atoms with E-state index >= 15 is 0 Å². The SMILES string of the molecule is CCCNCC1(CC(C)OC)CCCC1. The summed E-state index contributed by atoms with van der Waals surface area (Å²) in [5.41, 5.74) is 0.532. The maximum atomic E-state index is 5.42. The first-order chi connectivity index (χ1) is 7.22. The van der Waals surface area contributed by atoms with Crippen molar-refractivity contribution in [2.24, 2.45) is 5.41 Å². The topological polar surface area (TPSA) is 21.3 Å². The van der Waals surface area contributed by atoms with Crippen LogP contribution in [-0.2, 0) is 4.74 Å². The van der Waals surface area contributed by atoms with E-state index in [1.807, 2.05) is 7.11 Å². The predicted molar refractivity (Wildman–Crippen MR) is 65.1 cm³/mol. The van der Waals surface area contributed by atoms with Crippen LogP contribution in [0.25, 0.3) is 0 Å². The minimum Gasteiger partial charge on any atom is -0.382 e. The first-order valence-corrected chi connectivity index (χ1v) is 6.46. The van der Waals surface area contributed by atoms with E-state index in [-0.39, 0.29) is 0 Å². The summed E-state index contributed by atoms with van der Waals surface area (Å²) in [6, 6.07) is 0. The third kappa shape index (κ3) is 4.12. The van der Waals surface area contributed by atoms with Gasteiger partial charge < -0.3 is 10.1 Å². The summed E-state index contributed by atoms with van der Waals surface area (Å²) >= 11 is 0. The van der Waals surface area contributed by atoms with Crippen LogP contribution in [0.1, 0.15) is 52.4 Å². The molecule has 1 aliphatic carbocycles. The molecule has 2 heteroatoms. The maximum Gasteiger partial charge on any atom is 0.0549 e. The van der Waals surface area contributed by atoms with Gasteiger partial charge in [0.1, 0.15) is 0 Å². The van der Waals surface area contributed by atoms with Gasteiger partial charge in [-0.05, 0) is 44.6 Å². The number of nitrogens with one attached hydrogen (secondary N) is 1. The van der Waals surface area contributed by atoms with Gasteiger partial charge >= 0.3 is 0 Å². The largest absolute Gasteiger partial charge is 0.382 e. The van der Waals surface area contributed by atoms with Crippen molar-refractivity contribution in [3.05, 3.63) is 0 Å². The second-order valence-electron chi connectivity index (χ2n) is 5.13. The van der Waals surface area contributed by atoms with Crippen LogP contribution in [0.15, 0.2) is 0 Å². The Morgan fingerprint density at radius 2 is 2.00 bits per heavy atom. The van der Waals surface area contributed by atoms with Crippen LogP contribution < -0.4 is 5.32 Å². The van der Waals surface area contributed by atoms with Crippen LogP contribution in [0, 0.1) is 5.41 Å². The molecule has 1 rings (SSSR count). The van der Waals surface area contributed by atoms with Crippen molar-refractivity contribution < 1.29 is 4.74 Å². The van der Waals surface area contributed by atoms with Crippen molar-refractivity contribution in [3.8, 4) is 0 Å². The fourth-order valence-corrected chi connectivity index (χ4v) is 2.80. The molecule has 2 nitrogen and oxygen atoms in total. The van der Waals surface area contributed by atoms with Crippen molar-refractivity contribution in [2.45, 2.75) is 58.5 Å². The van der Waals surface area contributed by atoms with Crippen LogP contribution in [0.5, 0.6) is 0 Å². The molecule has 0 aromatic heterocycles. The highest BCUT2D eigenvalue weighted by Gasteiger charge is 2.34. The minimum absolute atomic E-state index is 0.409. The van der Waals surface area contributed by atoms with Gasteiger partial charge in [0.15, 0.2) is 0 Å². The van der Waals surface area contributed by atoms with Crippen LogP contribution in [0.4, 0.5) is 0 Å². The molecule has 1 N–H and O–H groups in total. The van der Waals surface area contributed by atoms with Gasteiger partial charge in [0.2, 0.25) is 0 Å². The molecule has 1 atom stereocenters. The number of hydrogen-bond donors (Lipinski definition) is 1. The van der Waals surface area contributed by atoms with Gasteiger partial charge in [0, 0.05) is 13.7 Å². The van der Waals surface area contributed by atoms with Crippen LogP contribution in [-0.4, -0.2) is 26.3 Å². The van der Waals surface area contributed by atoms with Crippen LogP contribution >= 0.6 is 0 Å². The summed E-state index contributed by atoms with van der Waals surface area (Å²) < 4.78 is 5.42. The Kier molecular flexibility index (Phi) is 5.62. The van der Waals surface area contributed by atoms with Crippen LogP contribution in [0.3, 0.4) is 0 Å². The molecule has 15 heavy (non-hydrogen) atoms. The van der Waals surface area contributed by atoms with Gasteiger partial charge in [-0.15, -0.1) is 0 Å². The number of rotatable bonds is 7. The highest BCUT2D eigenvalue weighted by atomic mass is 16.5. The van der Waals surface area contributed by atoms with Crippen LogP contribution in [0.2, 0.25) is 0 Å². The lowest BCUT2D eigenvalue weighted by Crippen LogP contribution is -2.35. The van der Waals surface area contributed by atoms with E-state index in [1.54, 1.807) is 0 Å². The quantitative estimate of drug-likeness (QED) is 0.656. The Labute approximate surface area is 94.8 Å². The molecule has 90 valence electrons. The zero-order valence-electron chi connectivity index (χ0n) is 10.6. The molecule has 0 amide bonds. The molecule has 0 heterocycles. The summed E-state index contributed by atoms with van der Waals surface area (Å²) in [6.07, 6.45) is 8.45.